The van der Waals surface area contributed by atoms with Gasteiger partial charge in [-0.3, -0.25) is 4.79 Å². The lowest BCUT2D eigenvalue weighted by Gasteiger charge is -2.16. The standard InChI is InChI=1S/C28H27N5O/c1-30-28(34)26-27(29)32-17-25(33-26)20-10-5-7-18(15-20)16-31-24-14-13-22-21(11-6-12-23(22)24)19-8-3-2-4-9-19/h2-12,15,17,24,31H,13-14,16H2,1H3,(H2,29,32)(H,30,34). The summed E-state index contributed by atoms with van der Waals surface area (Å²) in [5, 5.41) is 6.29. The molecule has 0 fully saturated rings. The third-order valence-electron chi connectivity index (χ3n) is 6.37. The van der Waals surface area contributed by atoms with Gasteiger partial charge in [-0.05, 0) is 46.7 Å². The smallest absolute Gasteiger partial charge is 0.273 e. The molecule has 6 heteroatoms. The molecule has 4 aromatic rings. The van der Waals surface area contributed by atoms with E-state index in [1.165, 1.54) is 22.3 Å². The number of hydrogen-bond donors (Lipinski definition) is 3. The highest BCUT2D eigenvalue weighted by Crippen LogP contribution is 2.37. The molecule has 1 aliphatic rings. The fourth-order valence-corrected chi connectivity index (χ4v) is 4.66. The van der Waals surface area contributed by atoms with Gasteiger partial charge >= 0.3 is 0 Å². The molecule has 0 saturated carbocycles. The number of nitrogens with one attached hydrogen (secondary N) is 2. The number of amides is 1. The van der Waals surface area contributed by atoms with E-state index in [-0.39, 0.29) is 17.4 Å². The molecule has 170 valence electrons. The number of nitrogen functional groups attached to an aromatic ring is 1. The van der Waals surface area contributed by atoms with E-state index in [1.54, 1.807) is 13.2 Å². The number of anilines is 1. The highest BCUT2D eigenvalue weighted by molar-refractivity contribution is 5.96. The van der Waals surface area contributed by atoms with Gasteiger partial charge in [0.15, 0.2) is 11.5 Å². The van der Waals surface area contributed by atoms with Gasteiger partial charge < -0.3 is 16.4 Å². The Labute approximate surface area is 199 Å². The number of nitrogens with two attached hydrogens (primary N) is 1. The summed E-state index contributed by atoms with van der Waals surface area (Å²) in [6.07, 6.45) is 3.76. The Kier molecular flexibility index (Phi) is 6.06. The Morgan fingerprint density at radius 2 is 1.82 bits per heavy atom. The average molecular weight is 450 g/mol. The van der Waals surface area contributed by atoms with Crippen molar-refractivity contribution in [2.24, 2.45) is 0 Å². The van der Waals surface area contributed by atoms with E-state index in [1.807, 2.05) is 12.1 Å². The van der Waals surface area contributed by atoms with Gasteiger partial charge in [-0.25, -0.2) is 9.97 Å². The second-order valence-electron chi connectivity index (χ2n) is 8.48. The van der Waals surface area contributed by atoms with E-state index in [9.17, 15) is 4.79 Å². The Morgan fingerprint density at radius 3 is 2.65 bits per heavy atom. The molecule has 0 aliphatic heterocycles. The van der Waals surface area contributed by atoms with Crippen LogP contribution in [0.25, 0.3) is 22.4 Å². The van der Waals surface area contributed by atoms with E-state index < -0.39 is 0 Å². The minimum Gasteiger partial charge on any atom is -0.382 e. The second kappa shape index (κ2) is 9.45. The van der Waals surface area contributed by atoms with E-state index in [0.717, 1.165) is 30.5 Å². The van der Waals surface area contributed by atoms with E-state index >= 15 is 0 Å². The molecule has 1 unspecified atom stereocenters. The summed E-state index contributed by atoms with van der Waals surface area (Å²) in [5.74, 6) is -0.227. The number of benzene rings is 3. The monoisotopic (exact) mass is 449 g/mol. The highest BCUT2D eigenvalue weighted by Gasteiger charge is 2.24. The maximum atomic E-state index is 12.0. The largest absolute Gasteiger partial charge is 0.382 e. The Hall–Kier alpha value is -4.03. The van der Waals surface area contributed by atoms with Gasteiger partial charge in [-0.2, -0.15) is 0 Å². The molecule has 1 aliphatic carbocycles. The minimum absolute atomic E-state index is 0.121. The van der Waals surface area contributed by atoms with Crippen molar-refractivity contribution in [3.8, 4) is 22.4 Å². The van der Waals surface area contributed by atoms with Crippen molar-refractivity contribution in [3.05, 3.63) is 101 Å². The number of carbonyl (C=O) groups is 1. The highest BCUT2D eigenvalue weighted by atomic mass is 16.1. The van der Waals surface area contributed by atoms with Gasteiger partial charge in [0, 0.05) is 25.2 Å². The van der Waals surface area contributed by atoms with Crippen LogP contribution >= 0.6 is 0 Å². The molecule has 0 radical (unpaired) electrons. The lowest BCUT2D eigenvalue weighted by atomic mass is 9.96. The average Bonchev–Trinajstić information content (AvgIpc) is 3.31. The van der Waals surface area contributed by atoms with Crippen molar-refractivity contribution in [2.45, 2.75) is 25.4 Å². The van der Waals surface area contributed by atoms with Crippen molar-refractivity contribution in [2.75, 3.05) is 12.8 Å². The molecular weight excluding hydrogens is 422 g/mol. The van der Waals surface area contributed by atoms with Crippen LogP contribution in [-0.2, 0) is 13.0 Å². The summed E-state index contributed by atoms with van der Waals surface area (Å²) in [7, 11) is 1.55. The summed E-state index contributed by atoms with van der Waals surface area (Å²) < 4.78 is 0. The van der Waals surface area contributed by atoms with Gasteiger partial charge in [0.25, 0.3) is 5.91 Å². The van der Waals surface area contributed by atoms with Crippen LogP contribution in [0.3, 0.4) is 0 Å². The van der Waals surface area contributed by atoms with Crippen molar-refractivity contribution in [3.63, 3.8) is 0 Å². The van der Waals surface area contributed by atoms with E-state index in [2.05, 4.69) is 81.3 Å². The maximum Gasteiger partial charge on any atom is 0.273 e. The van der Waals surface area contributed by atoms with Crippen LogP contribution < -0.4 is 16.4 Å². The fourth-order valence-electron chi connectivity index (χ4n) is 4.66. The minimum atomic E-state index is -0.348. The molecule has 0 bridgehead atoms. The first kappa shape index (κ1) is 21.8. The Morgan fingerprint density at radius 1 is 1.03 bits per heavy atom. The van der Waals surface area contributed by atoms with E-state index in [0.29, 0.717) is 11.7 Å². The number of aromatic nitrogens is 2. The van der Waals surface area contributed by atoms with Crippen molar-refractivity contribution in [1.82, 2.24) is 20.6 Å². The summed E-state index contributed by atoms with van der Waals surface area (Å²) in [6, 6.07) is 25.7. The summed E-state index contributed by atoms with van der Waals surface area (Å²) in [4.78, 5) is 20.6. The first-order valence-corrected chi connectivity index (χ1v) is 11.5. The zero-order valence-corrected chi connectivity index (χ0v) is 19.1. The molecule has 0 saturated heterocycles. The van der Waals surface area contributed by atoms with Crippen molar-refractivity contribution < 1.29 is 4.79 Å². The first-order chi connectivity index (χ1) is 16.6. The second-order valence-corrected chi connectivity index (χ2v) is 8.48. The molecule has 5 rings (SSSR count). The molecule has 0 spiro atoms. The number of fused-ring (bicyclic) bond motifs is 1. The lowest BCUT2D eigenvalue weighted by Crippen LogP contribution is -2.21. The van der Waals surface area contributed by atoms with Crippen molar-refractivity contribution >= 4 is 11.7 Å². The Bertz CT molecular complexity index is 1340. The van der Waals surface area contributed by atoms with Crippen LogP contribution in [-0.4, -0.2) is 22.9 Å². The van der Waals surface area contributed by atoms with E-state index in [4.69, 9.17) is 5.73 Å². The fraction of sp³-hybridized carbons (Fsp3) is 0.179. The van der Waals surface area contributed by atoms with Crippen LogP contribution in [0.1, 0.15) is 39.6 Å². The molecule has 4 N–H and O–H groups in total. The van der Waals surface area contributed by atoms with Gasteiger partial charge in [0.1, 0.15) is 0 Å². The molecule has 1 heterocycles. The quantitative estimate of drug-likeness (QED) is 0.402. The van der Waals surface area contributed by atoms with Crippen LogP contribution in [0, 0.1) is 0 Å². The molecule has 1 aromatic heterocycles. The number of hydrogen-bond acceptors (Lipinski definition) is 5. The zero-order chi connectivity index (χ0) is 23.5. The lowest BCUT2D eigenvalue weighted by molar-refractivity contribution is 0.0959. The summed E-state index contributed by atoms with van der Waals surface area (Å²) in [5.41, 5.74) is 14.1. The molecule has 34 heavy (non-hydrogen) atoms. The molecule has 1 amide bonds. The summed E-state index contributed by atoms with van der Waals surface area (Å²) >= 11 is 0. The topological polar surface area (TPSA) is 92.9 Å². The van der Waals surface area contributed by atoms with Gasteiger partial charge in [-0.1, -0.05) is 66.7 Å². The van der Waals surface area contributed by atoms with Gasteiger partial charge in [0.05, 0.1) is 11.9 Å². The summed E-state index contributed by atoms with van der Waals surface area (Å²) in [6.45, 7) is 0.734. The number of nitrogens with zero attached hydrogens (tertiary/aromatic N) is 2. The maximum absolute atomic E-state index is 12.0. The number of rotatable bonds is 6. The van der Waals surface area contributed by atoms with Crippen LogP contribution in [0.15, 0.2) is 79.0 Å². The molecular formula is C28H27N5O. The zero-order valence-electron chi connectivity index (χ0n) is 19.1. The number of carbonyl (C=O) groups excluding carboxylic acids is 1. The SMILES string of the molecule is CNC(=O)c1nc(-c2cccc(CNC3CCc4c(-c5ccccc5)cccc43)c2)cnc1N. The van der Waals surface area contributed by atoms with Crippen LogP contribution in [0.2, 0.25) is 0 Å². The predicted octanol–water partition coefficient (Wildman–Crippen LogP) is 4.53. The van der Waals surface area contributed by atoms with Crippen molar-refractivity contribution in [1.29, 1.82) is 0 Å². The molecule has 6 nitrogen and oxygen atoms in total. The molecule has 1 atom stereocenters. The van der Waals surface area contributed by atoms with Gasteiger partial charge in [0.2, 0.25) is 0 Å². The Balaban J connectivity index is 1.34. The van der Waals surface area contributed by atoms with Crippen LogP contribution in [0.5, 0.6) is 0 Å². The molecule has 3 aromatic carbocycles. The van der Waals surface area contributed by atoms with Gasteiger partial charge in [-0.15, -0.1) is 0 Å². The third-order valence-corrected chi connectivity index (χ3v) is 6.37. The predicted molar refractivity (Wildman–Crippen MR) is 135 cm³/mol. The third kappa shape index (κ3) is 4.28. The van der Waals surface area contributed by atoms with Crippen LogP contribution in [0.4, 0.5) is 5.82 Å². The first-order valence-electron chi connectivity index (χ1n) is 11.5. The normalized spacial score (nSPS) is 14.6.